The van der Waals surface area contributed by atoms with E-state index in [-0.39, 0.29) is 11.5 Å². The number of aromatic nitrogens is 2. The molecule has 0 unspecified atom stereocenters. The minimum atomic E-state index is -0.207. The van der Waals surface area contributed by atoms with Crippen LogP contribution in [0.3, 0.4) is 0 Å². The number of nitrogens with zero attached hydrogens (tertiary/aromatic N) is 5. The third-order valence-electron chi connectivity index (χ3n) is 6.75. The maximum absolute atomic E-state index is 13.7. The highest BCUT2D eigenvalue weighted by Crippen LogP contribution is 2.34. The van der Waals surface area contributed by atoms with Crippen molar-refractivity contribution in [2.24, 2.45) is 0 Å². The van der Waals surface area contributed by atoms with Crippen molar-refractivity contribution in [3.8, 4) is 5.75 Å². The fourth-order valence-corrected chi connectivity index (χ4v) is 5.81. The molecule has 2 fully saturated rings. The third kappa shape index (κ3) is 5.14. The van der Waals surface area contributed by atoms with Crippen LogP contribution in [0.15, 0.2) is 52.3 Å². The number of fused-ring (bicyclic) bond motifs is 1. The fourth-order valence-electron chi connectivity index (χ4n) is 4.57. The average Bonchev–Trinajstić information content (AvgIpc) is 3.18. The van der Waals surface area contributed by atoms with Gasteiger partial charge in [0.2, 0.25) is 0 Å². The highest BCUT2D eigenvalue weighted by atomic mass is 32.2. The molecule has 0 atom stereocenters. The van der Waals surface area contributed by atoms with Gasteiger partial charge in [-0.3, -0.25) is 18.9 Å². The molecule has 192 valence electrons. The summed E-state index contributed by atoms with van der Waals surface area (Å²) in [5, 5.41) is 0. The summed E-state index contributed by atoms with van der Waals surface area (Å²) in [6, 6.07) is 11.4. The number of carbonyl (C=O) groups is 1. The highest BCUT2D eigenvalue weighted by Gasteiger charge is 2.33. The van der Waals surface area contributed by atoms with Crippen molar-refractivity contribution in [3.63, 3.8) is 0 Å². The molecule has 2 aromatic heterocycles. The molecule has 0 radical (unpaired) electrons. The first-order chi connectivity index (χ1) is 17.9. The first-order valence-electron chi connectivity index (χ1n) is 12.3. The van der Waals surface area contributed by atoms with Crippen LogP contribution >= 0.6 is 24.0 Å². The van der Waals surface area contributed by atoms with Gasteiger partial charge in [0, 0.05) is 32.4 Å². The molecule has 0 bridgehead atoms. The summed E-state index contributed by atoms with van der Waals surface area (Å²) in [6.45, 7) is 8.76. The molecule has 1 amide bonds. The molecule has 2 saturated heterocycles. The molecule has 2 aliphatic heterocycles. The number of pyridine rings is 1. The Morgan fingerprint density at radius 2 is 1.81 bits per heavy atom. The molecule has 37 heavy (non-hydrogen) atoms. The van der Waals surface area contributed by atoms with E-state index >= 15 is 0 Å². The normalized spacial score (nSPS) is 17.9. The maximum atomic E-state index is 13.7. The van der Waals surface area contributed by atoms with Crippen LogP contribution in [0.4, 0.5) is 5.82 Å². The lowest BCUT2D eigenvalue weighted by atomic mass is 10.2. The minimum absolute atomic E-state index is 0.193. The van der Waals surface area contributed by atoms with Crippen molar-refractivity contribution in [1.29, 1.82) is 0 Å². The number of rotatable bonds is 6. The number of ether oxygens (including phenoxy) is 1. The fraction of sp³-hybridized carbons (Fsp3) is 0.333. The predicted octanol–water partition coefficient (Wildman–Crippen LogP) is 3.55. The molecule has 2 aliphatic rings. The summed E-state index contributed by atoms with van der Waals surface area (Å²) in [5.74, 6) is 1.16. The Labute approximate surface area is 225 Å². The van der Waals surface area contributed by atoms with Crippen LogP contribution in [-0.4, -0.2) is 69.2 Å². The Kier molecular flexibility index (Phi) is 7.32. The molecule has 0 saturated carbocycles. The SMILES string of the molecule is CCN1CCN(c2nc3ccc(C)cn3c(=O)c2/C=C2\SC(=S)N(Cc3ccc(OC)cc3)C2=O)CC1. The second-order valence-corrected chi connectivity index (χ2v) is 10.8. The van der Waals surface area contributed by atoms with Crippen LogP contribution in [0.5, 0.6) is 5.75 Å². The number of amides is 1. The predicted molar refractivity (Wildman–Crippen MR) is 152 cm³/mol. The molecule has 1 aromatic carbocycles. The van der Waals surface area contributed by atoms with E-state index in [0.29, 0.717) is 32.8 Å². The zero-order valence-corrected chi connectivity index (χ0v) is 22.8. The molecule has 4 heterocycles. The summed E-state index contributed by atoms with van der Waals surface area (Å²) in [7, 11) is 1.62. The molecule has 3 aromatic rings. The number of aryl methyl sites for hydroxylation is 1. The van der Waals surface area contributed by atoms with Gasteiger partial charge in [0.05, 0.1) is 24.1 Å². The summed E-state index contributed by atoms with van der Waals surface area (Å²) in [5.41, 5.74) is 2.71. The first-order valence-corrected chi connectivity index (χ1v) is 13.5. The number of likely N-dealkylation sites (N-methyl/N-ethyl adjacent to an activating group) is 1. The average molecular weight is 536 g/mol. The maximum Gasteiger partial charge on any atom is 0.267 e. The van der Waals surface area contributed by atoms with E-state index in [1.54, 1.807) is 28.7 Å². The smallest absolute Gasteiger partial charge is 0.267 e. The summed E-state index contributed by atoms with van der Waals surface area (Å²) in [4.78, 5) is 38.6. The van der Waals surface area contributed by atoms with Gasteiger partial charge in [0.15, 0.2) is 0 Å². The standard InChI is InChI=1S/C27H29N5O3S2/c1-4-29-11-13-30(14-12-29)24-21(25(33)31-16-18(2)5-10-23(31)28-24)15-22-26(34)32(27(36)37-22)17-19-6-8-20(35-3)9-7-19/h5-10,15-16H,4,11-14,17H2,1-3H3/b22-15-. The number of thioether (sulfide) groups is 1. The Balaban J connectivity index is 1.52. The second-order valence-electron chi connectivity index (χ2n) is 9.13. The van der Waals surface area contributed by atoms with Crippen LogP contribution in [0.1, 0.15) is 23.6 Å². The van der Waals surface area contributed by atoms with Gasteiger partial charge in [-0.05, 0) is 48.9 Å². The van der Waals surface area contributed by atoms with Crippen molar-refractivity contribution >= 4 is 51.7 Å². The van der Waals surface area contributed by atoms with Gasteiger partial charge in [0.1, 0.15) is 21.5 Å². The number of benzene rings is 1. The van der Waals surface area contributed by atoms with Crippen LogP contribution in [0, 0.1) is 6.92 Å². The lowest BCUT2D eigenvalue weighted by Crippen LogP contribution is -2.47. The molecule has 5 rings (SSSR count). The Morgan fingerprint density at radius 1 is 1.08 bits per heavy atom. The van der Waals surface area contributed by atoms with Crippen LogP contribution < -0.4 is 15.2 Å². The Morgan fingerprint density at radius 3 is 2.49 bits per heavy atom. The summed E-state index contributed by atoms with van der Waals surface area (Å²) >= 11 is 6.78. The van der Waals surface area contributed by atoms with E-state index in [1.807, 2.05) is 43.3 Å². The van der Waals surface area contributed by atoms with E-state index in [9.17, 15) is 9.59 Å². The number of carbonyl (C=O) groups excluding carboxylic acids is 1. The second kappa shape index (κ2) is 10.6. The van der Waals surface area contributed by atoms with Gasteiger partial charge < -0.3 is 14.5 Å². The molecule has 0 N–H and O–H groups in total. The van der Waals surface area contributed by atoms with E-state index < -0.39 is 0 Å². The number of thiocarbonyl (C=S) groups is 1. The monoisotopic (exact) mass is 535 g/mol. The molecule has 8 nitrogen and oxygen atoms in total. The van der Waals surface area contributed by atoms with Crippen molar-refractivity contribution in [2.45, 2.75) is 20.4 Å². The summed E-state index contributed by atoms with van der Waals surface area (Å²) < 4.78 is 7.25. The minimum Gasteiger partial charge on any atom is -0.497 e. The highest BCUT2D eigenvalue weighted by molar-refractivity contribution is 8.26. The number of hydrogen-bond acceptors (Lipinski definition) is 8. The first kappa shape index (κ1) is 25.4. The van der Waals surface area contributed by atoms with Crippen LogP contribution in [-0.2, 0) is 11.3 Å². The number of hydrogen-bond donors (Lipinski definition) is 0. The molecule has 10 heteroatoms. The Bertz CT molecular complexity index is 1440. The molecule has 0 aliphatic carbocycles. The zero-order valence-electron chi connectivity index (χ0n) is 21.1. The molecular weight excluding hydrogens is 506 g/mol. The van der Waals surface area contributed by atoms with Crippen molar-refractivity contribution in [2.75, 3.05) is 44.7 Å². The number of anilines is 1. The van der Waals surface area contributed by atoms with Gasteiger partial charge in [-0.1, -0.05) is 49.1 Å². The van der Waals surface area contributed by atoms with Gasteiger partial charge in [-0.2, -0.15) is 0 Å². The van der Waals surface area contributed by atoms with Gasteiger partial charge in [0.25, 0.3) is 11.5 Å². The Hall–Kier alpha value is -3.21. The van der Waals surface area contributed by atoms with E-state index in [4.69, 9.17) is 21.9 Å². The lowest BCUT2D eigenvalue weighted by Gasteiger charge is -2.35. The molecular formula is C27H29N5O3S2. The number of methoxy groups -OCH3 is 1. The quantitative estimate of drug-likeness (QED) is 0.351. The van der Waals surface area contributed by atoms with Crippen molar-refractivity contribution in [3.05, 3.63) is 74.5 Å². The summed E-state index contributed by atoms with van der Waals surface area (Å²) in [6.07, 6.45) is 3.47. The van der Waals surface area contributed by atoms with Crippen LogP contribution in [0.25, 0.3) is 11.7 Å². The topological polar surface area (TPSA) is 70.4 Å². The van der Waals surface area contributed by atoms with Gasteiger partial charge in [-0.25, -0.2) is 4.98 Å². The van der Waals surface area contributed by atoms with E-state index in [2.05, 4.69) is 16.7 Å². The van der Waals surface area contributed by atoms with Gasteiger partial charge in [-0.15, -0.1) is 0 Å². The zero-order chi connectivity index (χ0) is 26.1. The van der Waals surface area contributed by atoms with Gasteiger partial charge >= 0.3 is 0 Å². The third-order valence-corrected chi connectivity index (χ3v) is 8.13. The largest absolute Gasteiger partial charge is 0.497 e. The molecule has 0 spiro atoms. The lowest BCUT2D eigenvalue weighted by molar-refractivity contribution is -0.122. The van der Waals surface area contributed by atoms with Crippen LogP contribution in [0.2, 0.25) is 0 Å². The van der Waals surface area contributed by atoms with Crippen molar-refractivity contribution in [1.82, 2.24) is 19.2 Å². The van der Waals surface area contributed by atoms with E-state index in [1.165, 1.54) is 11.8 Å². The van der Waals surface area contributed by atoms with E-state index in [0.717, 1.165) is 49.6 Å². The van der Waals surface area contributed by atoms with Crippen molar-refractivity contribution < 1.29 is 9.53 Å². The number of piperazine rings is 1.